The Kier molecular flexibility index (Phi) is 8.37. The Morgan fingerprint density at radius 2 is 1.82 bits per heavy atom. The molecule has 2 N–H and O–H groups in total. The highest BCUT2D eigenvalue weighted by Crippen LogP contribution is 2.57. The van der Waals surface area contributed by atoms with E-state index in [1.807, 2.05) is 62.4 Å². The molecule has 0 radical (unpaired) electrons. The number of aliphatic hydroxyl groups excluding tert-OH is 1. The molecule has 2 fully saturated rings. The van der Waals surface area contributed by atoms with E-state index >= 15 is 4.79 Å². The summed E-state index contributed by atoms with van der Waals surface area (Å²) in [5.41, 5.74) is 1.70. The summed E-state index contributed by atoms with van der Waals surface area (Å²) in [4.78, 5) is 59.0. The van der Waals surface area contributed by atoms with Crippen LogP contribution in [0.2, 0.25) is 0 Å². The lowest BCUT2D eigenvalue weighted by molar-refractivity contribution is -0.159. The maximum absolute atomic E-state index is 15.1. The van der Waals surface area contributed by atoms with Crippen LogP contribution in [0, 0.1) is 25.7 Å². The van der Waals surface area contributed by atoms with Gasteiger partial charge in [0.2, 0.25) is 11.8 Å². The van der Waals surface area contributed by atoms with Crippen molar-refractivity contribution >= 4 is 29.4 Å². The van der Waals surface area contributed by atoms with Gasteiger partial charge in [0.1, 0.15) is 23.7 Å². The van der Waals surface area contributed by atoms with Crippen LogP contribution in [0.25, 0.3) is 0 Å². The van der Waals surface area contributed by atoms with Crippen molar-refractivity contribution in [2.75, 3.05) is 24.6 Å². The second-order valence-electron chi connectivity index (χ2n) is 12.4. The van der Waals surface area contributed by atoms with Gasteiger partial charge in [0.05, 0.1) is 31.2 Å². The summed E-state index contributed by atoms with van der Waals surface area (Å²) in [6, 6.07) is 12.9. The first-order valence-corrected chi connectivity index (χ1v) is 15.5. The Balaban J connectivity index is 1.51. The van der Waals surface area contributed by atoms with Gasteiger partial charge in [0, 0.05) is 18.7 Å². The van der Waals surface area contributed by atoms with E-state index in [1.165, 1.54) is 4.90 Å². The predicted molar refractivity (Wildman–Crippen MR) is 166 cm³/mol. The molecular weight excluding hydrogens is 574 g/mol. The minimum absolute atomic E-state index is 0.125. The van der Waals surface area contributed by atoms with Crippen molar-refractivity contribution in [3.8, 4) is 0 Å². The van der Waals surface area contributed by atoms with Gasteiger partial charge in [-0.2, -0.15) is 0 Å². The number of fused-ring (bicyclic) bond motifs is 2. The summed E-state index contributed by atoms with van der Waals surface area (Å²) in [6.07, 6.45) is 6.48. The number of hydrogen-bond donors (Lipinski definition) is 2. The predicted octanol–water partition coefficient (Wildman–Crippen LogP) is 2.92. The van der Waals surface area contributed by atoms with Crippen LogP contribution < -0.4 is 10.2 Å². The number of hydrogen-bond acceptors (Lipinski definition) is 7. The van der Waals surface area contributed by atoms with Gasteiger partial charge in [-0.3, -0.25) is 19.2 Å². The molecule has 0 saturated carbocycles. The molecule has 4 heterocycles. The van der Waals surface area contributed by atoms with Gasteiger partial charge >= 0.3 is 5.97 Å². The molecular formula is C35H39N3O7. The zero-order chi connectivity index (χ0) is 31.9. The van der Waals surface area contributed by atoms with Crippen molar-refractivity contribution in [1.29, 1.82) is 0 Å². The number of nitrogens with one attached hydrogen (secondary N) is 1. The molecule has 10 heteroatoms. The molecule has 2 aromatic carbocycles. The van der Waals surface area contributed by atoms with Gasteiger partial charge < -0.3 is 29.7 Å². The van der Waals surface area contributed by atoms with E-state index in [9.17, 15) is 19.5 Å². The first kappa shape index (κ1) is 30.7. The van der Waals surface area contributed by atoms with Crippen molar-refractivity contribution in [3.63, 3.8) is 0 Å². The van der Waals surface area contributed by atoms with Gasteiger partial charge in [-0.25, -0.2) is 0 Å². The topological polar surface area (TPSA) is 125 Å². The number of aryl methyl sites for hydroxylation is 2. The maximum atomic E-state index is 15.1. The number of aliphatic hydroxyl groups is 1. The molecule has 1 spiro atoms. The number of amides is 3. The molecule has 2 saturated heterocycles. The monoisotopic (exact) mass is 613 g/mol. The molecule has 236 valence electrons. The minimum atomic E-state index is -1.45. The zero-order valence-corrected chi connectivity index (χ0v) is 25.7. The van der Waals surface area contributed by atoms with E-state index in [1.54, 1.807) is 36.1 Å². The summed E-state index contributed by atoms with van der Waals surface area (Å²) in [5.74, 6) is -3.70. The molecule has 0 aromatic heterocycles. The summed E-state index contributed by atoms with van der Waals surface area (Å²) in [6.45, 7) is 5.41. The van der Waals surface area contributed by atoms with Crippen LogP contribution in [0.4, 0.5) is 5.69 Å². The van der Waals surface area contributed by atoms with Crippen molar-refractivity contribution in [2.24, 2.45) is 11.8 Å². The Morgan fingerprint density at radius 1 is 1.04 bits per heavy atom. The fourth-order valence-electron chi connectivity index (χ4n) is 7.16. The molecule has 0 aliphatic carbocycles. The van der Waals surface area contributed by atoms with E-state index in [2.05, 4.69) is 5.32 Å². The minimum Gasteiger partial charge on any atom is -0.460 e. The van der Waals surface area contributed by atoms with Crippen LogP contribution in [0.1, 0.15) is 42.5 Å². The normalized spacial score (nSPS) is 31.5. The molecule has 4 aliphatic heterocycles. The molecule has 4 aliphatic rings. The number of nitrogens with zero attached hydrogens (tertiary/aromatic N) is 2. The number of ether oxygens (including phenoxy) is 2. The second kappa shape index (κ2) is 12.3. The van der Waals surface area contributed by atoms with Crippen molar-refractivity contribution in [3.05, 3.63) is 89.5 Å². The highest BCUT2D eigenvalue weighted by Gasteiger charge is 2.74. The van der Waals surface area contributed by atoms with Gasteiger partial charge in [0.25, 0.3) is 5.91 Å². The fraction of sp³-hybridized carbons (Fsp3) is 0.429. The molecule has 2 aromatic rings. The summed E-state index contributed by atoms with van der Waals surface area (Å²) < 4.78 is 12.3. The number of benzene rings is 2. The third-order valence-electron chi connectivity index (χ3n) is 9.33. The van der Waals surface area contributed by atoms with Crippen LogP contribution in [-0.2, 0) is 28.7 Å². The largest absolute Gasteiger partial charge is 0.460 e. The van der Waals surface area contributed by atoms with E-state index in [-0.39, 0.29) is 25.4 Å². The number of cyclic esters (lactones) is 1. The summed E-state index contributed by atoms with van der Waals surface area (Å²) in [5, 5.41) is 13.6. The third-order valence-corrected chi connectivity index (χ3v) is 9.33. The van der Waals surface area contributed by atoms with E-state index < -0.39 is 66.1 Å². The number of rotatable bonds is 4. The Morgan fingerprint density at radius 3 is 2.58 bits per heavy atom. The number of carbonyl (C=O) groups is 4. The lowest BCUT2D eigenvalue weighted by Crippen LogP contribution is -2.57. The number of esters is 1. The van der Waals surface area contributed by atoms with Gasteiger partial charge in [0.15, 0.2) is 0 Å². The van der Waals surface area contributed by atoms with Gasteiger partial charge in [-0.1, -0.05) is 66.8 Å². The molecule has 45 heavy (non-hydrogen) atoms. The lowest BCUT2D eigenvalue weighted by atomic mass is 9.74. The zero-order valence-electron chi connectivity index (χ0n) is 25.7. The number of allylic oxidation sites excluding steroid dienone is 1. The molecule has 7 atom stereocenters. The fourth-order valence-corrected chi connectivity index (χ4v) is 7.16. The molecule has 3 amide bonds. The van der Waals surface area contributed by atoms with E-state index in [0.717, 1.165) is 11.1 Å². The summed E-state index contributed by atoms with van der Waals surface area (Å²) >= 11 is 0. The van der Waals surface area contributed by atoms with Gasteiger partial charge in [-0.05, 0) is 49.9 Å². The van der Waals surface area contributed by atoms with Crippen LogP contribution in [0.3, 0.4) is 0 Å². The Hall–Kier alpha value is -4.28. The average Bonchev–Trinajstić information content (AvgIpc) is 3.67. The first-order chi connectivity index (χ1) is 21.7. The molecule has 10 nitrogen and oxygen atoms in total. The second-order valence-corrected chi connectivity index (χ2v) is 12.4. The van der Waals surface area contributed by atoms with Crippen LogP contribution in [0.15, 0.2) is 72.8 Å². The molecule has 6 rings (SSSR count). The number of carbonyl (C=O) groups excluding carboxylic acids is 4. The summed E-state index contributed by atoms with van der Waals surface area (Å²) in [7, 11) is 0. The smallest absolute Gasteiger partial charge is 0.313 e. The highest BCUT2D eigenvalue weighted by molar-refractivity contribution is 6.06. The lowest BCUT2D eigenvalue weighted by Gasteiger charge is -2.39. The van der Waals surface area contributed by atoms with E-state index in [4.69, 9.17) is 9.47 Å². The highest BCUT2D eigenvalue weighted by atomic mass is 16.6. The van der Waals surface area contributed by atoms with Crippen molar-refractivity contribution < 1.29 is 33.8 Å². The quantitative estimate of drug-likeness (QED) is 0.401. The Labute approximate surface area is 262 Å². The van der Waals surface area contributed by atoms with Crippen LogP contribution >= 0.6 is 0 Å². The van der Waals surface area contributed by atoms with Crippen LogP contribution in [0.5, 0.6) is 0 Å². The molecule has 5 bridgehead atoms. The average molecular weight is 614 g/mol. The first-order valence-electron chi connectivity index (χ1n) is 15.5. The standard InChI is InChI=1S/C35H39N3O7/c1-21-13-14-22(2)25(18-21)37-17-9-5-8-12-28(40)36-19-23(3)44-34(43)29-27-15-16-35(45-27)30(29)32(41)38(31(35)33(37)42)26(20-39)24-10-6-4-7-11-24/h4-7,9-11,13-16,18,23,26-27,29-31,39H,8,12,17,19-20H2,1-3H3,(H,36,40)/b9-5-/t23-,26+,27+,29-,30-,31+,35-/m0/s1. The van der Waals surface area contributed by atoms with Crippen molar-refractivity contribution in [2.45, 2.75) is 63.5 Å². The van der Waals surface area contributed by atoms with E-state index in [0.29, 0.717) is 17.7 Å². The molecule has 0 unspecified atom stereocenters. The van der Waals surface area contributed by atoms with Crippen molar-refractivity contribution in [1.82, 2.24) is 10.2 Å². The SMILES string of the molecule is Cc1ccc(C)c(N2C/C=C\CCC(=O)NC[C@H](C)OC(=O)[C@@H]3[C@H]4C(=O)N([C@H](CO)c5ccccc5)[C@H](C2=O)[C@]42C=C[C@H]3O2)c1. The number of likely N-dealkylation sites (tertiary alicyclic amines) is 1. The van der Waals surface area contributed by atoms with Crippen LogP contribution in [-0.4, -0.2) is 77.2 Å². The number of anilines is 1. The third kappa shape index (κ3) is 5.36. The Bertz CT molecular complexity index is 1560. The van der Waals surface area contributed by atoms with Gasteiger partial charge in [-0.15, -0.1) is 0 Å². The maximum Gasteiger partial charge on any atom is 0.313 e.